The zero-order valence-electron chi connectivity index (χ0n) is 12.8. The van der Waals surface area contributed by atoms with Gasteiger partial charge in [-0.05, 0) is 48.7 Å². The number of hydrogen-bond donors (Lipinski definition) is 1. The van der Waals surface area contributed by atoms with Gasteiger partial charge in [0.05, 0.1) is 0 Å². The largest absolute Gasteiger partial charge is 0.477 e. The van der Waals surface area contributed by atoms with Gasteiger partial charge in [-0.3, -0.25) is 9.11 Å². The third-order valence-electron chi connectivity index (χ3n) is 3.72. The molecule has 22 heavy (non-hydrogen) atoms. The van der Waals surface area contributed by atoms with E-state index in [-0.39, 0.29) is 6.04 Å². The maximum atomic E-state index is 11.4. The number of carbonyl (C=O) groups is 1. The van der Waals surface area contributed by atoms with Gasteiger partial charge in [0.15, 0.2) is 0 Å². The number of aromatic carboxylic acids is 1. The molecule has 118 valence electrons. The molecule has 0 fully saturated rings. The zero-order chi connectivity index (χ0) is 16.3. The van der Waals surface area contributed by atoms with Crippen LogP contribution in [0.25, 0.3) is 0 Å². The average Bonchev–Trinajstić information content (AvgIpc) is 2.94. The van der Waals surface area contributed by atoms with Crippen LogP contribution in [0.15, 0.2) is 40.6 Å². The Hall–Kier alpha value is -1.50. The van der Waals surface area contributed by atoms with Gasteiger partial charge >= 0.3 is 5.97 Å². The molecule has 0 spiro atoms. The van der Waals surface area contributed by atoms with Crippen molar-refractivity contribution in [1.82, 2.24) is 4.90 Å². The van der Waals surface area contributed by atoms with Gasteiger partial charge in [-0.2, -0.15) is 0 Å². The first-order chi connectivity index (χ1) is 10.4. The minimum Gasteiger partial charge on any atom is -0.477 e. The number of hydrogen-bond acceptors (Lipinski definition) is 4. The van der Waals surface area contributed by atoms with E-state index in [2.05, 4.69) is 11.8 Å². The van der Waals surface area contributed by atoms with Crippen molar-refractivity contribution in [2.24, 2.45) is 0 Å². The second-order valence-corrected chi connectivity index (χ2v) is 7.49. The maximum absolute atomic E-state index is 11.4. The van der Waals surface area contributed by atoms with Crippen LogP contribution in [0.2, 0.25) is 0 Å². The molecule has 6 heteroatoms. The molecule has 1 aromatic carbocycles. The number of carboxylic acid groups (broad SMARTS) is 1. The van der Waals surface area contributed by atoms with E-state index >= 15 is 0 Å². The molecular formula is C16H19NO3S2. The molecule has 2 rings (SSSR count). The third kappa shape index (κ3) is 3.82. The molecule has 0 aliphatic rings. The van der Waals surface area contributed by atoms with Gasteiger partial charge in [-0.25, -0.2) is 4.79 Å². The molecular weight excluding hydrogens is 318 g/mol. The molecule has 0 aliphatic carbocycles. The topological polar surface area (TPSA) is 57.6 Å². The summed E-state index contributed by atoms with van der Waals surface area (Å²) in [6.45, 7) is 2.65. The highest BCUT2D eigenvalue weighted by Gasteiger charge is 2.17. The standard InChI is InChI=1S/C16H19NO3S2/c1-11(12-4-6-14(7-5-12)22(3)20)17(2)10-13-8-9-21-15(13)16(18)19/h4-9,11H,10H2,1-3H3,(H,18,19). The first-order valence-corrected chi connectivity index (χ1v) is 9.27. The SMILES string of the molecule is CC(c1ccc(S(C)=O)cc1)N(C)Cc1ccsc1C(=O)O. The molecule has 0 radical (unpaired) electrons. The molecule has 4 nitrogen and oxygen atoms in total. The lowest BCUT2D eigenvalue weighted by atomic mass is 10.1. The maximum Gasteiger partial charge on any atom is 0.346 e. The van der Waals surface area contributed by atoms with Gasteiger partial charge in [-0.15, -0.1) is 11.3 Å². The van der Waals surface area contributed by atoms with Crippen molar-refractivity contribution in [1.29, 1.82) is 0 Å². The highest BCUT2D eigenvalue weighted by atomic mass is 32.2. The van der Waals surface area contributed by atoms with Crippen molar-refractivity contribution < 1.29 is 14.1 Å². The Bertz CT molecular complexity index is 679. The number of rotatable bonds is 6. The molecule has 0 saturated heterocycles. The van der Waals surface area contributed by atoms with E-state index in [0.717, 1.165) is 16.0 Å². The second kappa shape index (κ2) is 7.17. The van der Waals surface area contributed by atoms with Crippen molar-refractivity contribution >= 4 is 28.1 Å². The molecule has 1 N–H and O–H groups in total. The summed E-state index contributed by atoms with van der Waals surface area (Å²) in [7, 11) is 0.999. The molecule has 1 heterocycles. The summed E-state index contributed by atoms with van der Waals surface area (Å²) in [5.74, 6) is -0.874. The first kappa shape index (κ1) is 16.9. The minimum atomic E-state index is -0.973. The normalized spacial score (nSPS) is 14.0. The van der Waals surface area contributed by atoms with Crippen LogP contribution in [0.3, 0.4) is 0 Å². The van der Waals surface area contributed by atoms with Crippen molar-refractivity contribution in [3.05, 3.63) is 51.7 Å². The molecule has 0 amide bonds. The summed E-state index contributed by atoms with van der Waals surface area (Å²) in [4.78, 5) is 14.5. The van der Waals surface area contributed by atoms with Crippen LogP contribution < -0.4 is 0 Å². The summed E-state index contributed by atoms with van der Waals surface area (Å²) < 4.78 is 11.4. The minimum absolute atomic E-state index is 0.140. The monoisotopic (exact) mass is 337 g/mol. The van der Waals surface area contributed by atoms with Crippen molar-refractivity contribution in [2.45, 2.75) is 24.4 Å². The third-order valence-corrected chi connectivity index (χ3v) is 5.60. The average molecular weight is 337 g/mol. The van der Waals surface area contributed by atoms with Gasteiger partial charge in [0, 0.05) is 34.5 Å². The van der Waals surface area contributed by atoms with Crippen LogP contribution in [0.1, 0.15) is 33.8 Å². The number of nitrogens with zero attached hydrogens (tertiary/aromatic N) is 1. The van der Waals surface area contributed by atoms with Crippen LogP contribution in [-0.2, 0) is 17.3 Å². The van der Waals surface area contributed by atoms with Crippen molar-refractivity contribution in [3.63, 3.8) is 0 Å². The van der Waals surface area contributed by atoms with Crippen molar-refractivity contribution in [3.8, 4) is 0 Å². The fourth-order valence-electron chi connectivity index (χ4n) is 2.25. The van der Waals surface area contributed by atoms with E-state index in [1.807, 2.05) is 42.8 Å². The highest BCUT2D eigenvalue weighted by molar-refractivity contribution is 7.84. The number of carboxylic acids is 1. The quantitative estimate of drug-likeness (QED) is 0.878. The van der Waals surface area contributed by atoms with E-state index in [1.165, 1.54) is 11.3 Å². The molecule has 0 bridgehead atoms. The van der Waals surface area contributed by atoms with Crippen molar-refractivity contribution in [2.75, 3.05) is 13.3 Å². The molecule has 2 atom stereocenters. The Balaban J connectivity index is 2.11. The molecule has 2 aromatic rings. The predicted molar refractivity (Wildman–Crippen MR) is 89.9 cm³/mol. The predicted octanol–water partition coefficient (Wildman–Crippen LogP) is 3.38. The lowest BCUT2D eigenvalue weighted by Gasteiger charge is -2.25. The van der Waals surface area contributed by atoms with Gasteiger partial charge < -0.3 is 5.11 Å². The van der Waals surface area contributed by atoms with Gasteiger partial charge in [-0.1, -0.05) is 12.1 Å². The lowest BCUT2D eigenvalue weighted by molar-refractivity contribution is 0.0700. The Labute approximate surface area is 136 Å². The zero-order valence-corrected chi connectivity index (χ0v) is 14.4. The summed E-state index contributed by atoms with van der Waals surface area (Å²) in [6.07, 6.45) is 1.66. The molecule has 1 aromatic heterocycles. The van der Waals surface area contributed by atoms with Crippen LogP contribution in [0.4, 0.5) is 0 Å². The van der Waals surface area contributed by atoms with Crippen LogP contribution in [-0.4, -0.2) is 33.5 Å². The van der Waals surface area contributed by atoms with Gasteiger partial charge in [0.2, 0.25) is 0 Å². The van der Waals surface area contributed by atoms with Crippen LogP contribution in [0.5, 0.6) is 0 Å². The van der Waals surface area contributed by atoms with Crippen LogP contribution >= 0.6 is 11.3 Å². The fourth-order valence-corrected chi connectivity index (χ4v) is 3.52. The fraction of sp³-hybridized carbons (Fsp3) is 0.312. The molecule has 0 aliphatic heterocycles. The first-order valence-electron chi connectivity index (χ1n) is 6.83. The Kier molecular flexibility index (Phi) is 5.50. The highest BCUT2D eigenvalue weighted by Crippen LogP contribution is 2.24. The van der Waals surface area contributed by atoms with Gasteiger partial charge in [0.25, 0.3) is 0 Å². The molecule has 0 saturated carbocycles. The summed E-state index contributed by atoms with van der Waals surface area (Å²) in [6, 6.07) is 9.71. The Morgan fingerprint density at radius 1 is 1.32 bits per heavy atom. The number of benzene rings is 1. The smallest absolute Gasteiger partial charge is 0.346 e. The second-order valence-electron chi connectivity index (χ2n) is 5.19. The van der Waals surface area contributed by atoms with E-state index in [1.54, 1.807) is 6.26 Å². The van der Waals surface area contributed by atoms with E-state index in [4.69, 9.17) is 5.11 Å². The Morgan fingerprint density at radius 2 is 1.95 bits per heavy atom. The Morgan fingerprint density at radius 3 is 2.50 bits per heavy atom. The summed E-state index contributed by atoms with van der Waals surface area (Å²) in [5, 5.41) is 11.0. The van der Waals surface area contributed by atoms with E-state index < -0.39 is 16.8 Å². The lowest BCUT2D eigenvalue weighted by Crippen LogP contribution is -2.22. The summed E-state index contributed by atoms with van der Waals surface area (Å²) in [5.41, 5.74) is 1.95. The van der Waals surface area contributed by atoms with E-state index in [0.29, 0.717) is 11.4 Å². The summed E-state index contributed by atoms with van der Waals surface area (Å²) >= 11 is 1.25. The molecule has 2 unspecified atom stereocenters. The van der Waals surface area contributed by atoms with Crippen LogP contribution in [0, 0.1) is 0 Å². The number of thiophene rings is 1. The van der Waals surface area contributed by atoms with E-state index in [9.17, 15) is 9.00 Å². The van der Waals surface area contributed by atoms with Gasteiger partial charge in [0.1, 0.15) is 4.88 Å².